The molecular weight excluding hydrogens is 246 g/mol. The van der Waals surface area contributed by atoms with E-state index in [2.05, 4.69) is 47.8 Å². The SMILES string of the molecule is COc1ccc2c(c1)Cc1ccccc1C21CCNC1. The molecule has 1 saturated heterocycles. The van der Waals surface area contributed by atoms with E-state index in [0.717, 1.165) is 25.3 Å². The van der Waals surface area contributed by atoms with E-state index in [1.54, 1.807) is 7.11 Å². The summed E-state index contributed by atoms with van der Waals surface area (Å²) in [4.78, 5) is 0. The highest BCUT2D eigenvalue weighted by Crippen LogP contribution is 2.46. The van der Waals surface area contributed by atoms with Crippen molar-refractivity contribution >= 4 is 0 Å². The zero-order chi connectivity index (χ0) is 13.6. The van der Waals surface area contributed by atoms with Crippen molar-refractivity contribution < 1.29 is 4.74 Å². The molecule has 1 aliphatic carbocycles. The van der Waals surface area contributed by atoms with Gasteiger partial charge in [-0.3, -0.25) is 0 Å². The molecule has 1 N–H and O–H groups in total. The van der Waals surface area contributed by atoms with Crippen LogP contribution in [0.3, 0.4) is 0 Å². The van der Waals surface area contributed by atoms with Gasteiger partial charge in [0.05, 0.1) is 7.11 Å². The van der Waals surface area contributed by atoms with Gasteiger partial charge in [-0.05, 0) is 53.8 Å². The maximum atomic E-state index is 5.40. The molecule has 4 rings (SSSR count). The van der Waals surface area contributed by atoms with Crippen molar-refractivity contribution in [2.24, 2.45) is 0 Å². The largest absolute Gasteiger partial charge is 0.497 e. The average molecular weight is 265 g/mol. The van der Waals surface area contributed by atoms with Gasteiger partial charge in [-0.2, -0.15) is 0 Å². The first-order chi connectivity index (χ1) is 9.83. The summed E-state index contributed by atoms with van der Waals surface area (Å²) in [6.45, 7) is 2.14. The molecule has 20 heavy (non-hydrogen) atoms. The average Bonchev–Trinajstić information content (AvgIpc) is 2.97. The van der Waals surface area contributed by atoms with Crippen molar-refractivity contribution in [2.45, 2.75) is 18.3 Å². The van der Waals surface area contributed by atoms with Crippen LogP contribution in [0.4, 0.5) is 0 Å². The second-order valence-electron chi connectivity index (χ2n) is 5.87. The first-order valence-electron chi connectivity index (χ1n) is 7.30. The lowest BCUT2D eigenvalue weighted by Gasteiger charge is -2.37. The van der Waals surface area contributed by atoms with Crippen LogP contribution in [0.15, 0.2) is 42.5 Å². The summed E-state index contributed by atoms with van der Waals surface area (Å²) in [7, 11) is 1.74. The third-order valence-electron chi connectivity index (χ3n) is 4.90. The van der Waals surface area contributed by atoms with Crippen molar-refractivity contribution in [2.75, 3.05) is 20.2 Å². The second-order valence-corrected chi connectivity index (χ2v) is 5.87. The van der Waals surface area contributed by atoms with Gasteiger partial charge in [-0.25, -0.2) is 0 Å². The Morgan fingerprint density at radius 1 is 1.05 bits per heavy atom. The Morgan fingerprint density at radius 2 is 1.90 bits per heavy atom. The highest BCUT2D eigenvalue weighted by Gasteiger charge is 2.42. The van der Waals surface area contributed by atoms with E-state index in [9.17, 15) is 0 Å². The monoisotopic (exact) mass is 265 g/mol. The molecule has 2 aromatic rings. The molecule has 102 valence electrons. The summed E-state index contributed by atoms with van der Waals surface area (Å²) < 4.78 is 5.40. The van der Waals surface area contributed by atoms with Crippen molar-refractivity contribution in [3.8, 4) is 5.75 Å². The van der Waals surface area contributed by atoms with Gasteiger partial charge in [0, 0.05) is 12.0 Å². The normalized spacial score (nSPS) is 23.4. The predicted octanol–water partition coefficient (Wildman–Crippen LogP) is 2.88. The Kier molecular flexibility index (Phi) is 2.61. The summed E-state index contributed by atoms with van der Waals surface area (Å²) in [5.41, 5.74) is 6.06. The van der Waals surface area contributed by atoms with Gasteiger partial charge in [-0.1, -0.05) is 30.3 Å². The van der Waals surface area contributed by atoms with Crippen molar-refractivity contribution in [1.29, 1.82) is 0 Å². The number of hydrogen-bond donors (Lipinski definition) is 1. The van der Waals surface area contributed by atoms with E-state index in [4.69, 9.17) is 4.74 Å². The highest BCUT2D eigenvalue weighted by molar-refractivity contribution is 5.56. The van der Waals surface area contributed by atoms with Crippen molar-refractivity contribution in [3.63, 3.8) is 0 Å². The van der Waals surface area contributed by atoms with Gasteiger partial charge in [0.15, 0.2) is 0 Å². The van der Waals surface area contributed by atoms with Gasteiger partial charge in [0.25, 0.3) is 0 Å². The summed E-state index contributed by atoms with van der Waals surface area (Å²) in [6.07, 6.45) is 2.20. The van der Waals surface area contributed by atoms with Gasteiger partial charge < -0.3 is 10.1 Å². The van der Waals surface area contributed by atoms with E-state index in [0.29, 0.717) is 0 Å². The van der Waals surface area contributed by atoms with E-state index >= 15 is 0 Å². The van der Waals surface area contributed by atoms with Crippen molar-refractivity contribution in [1.82, 2.24) is 5.32 Å². The van der Waals surface area contributed by atoms with Crippen LogP contribution in [0.5, 0.6) is 5.75 Å². The van der Waals surface area contributed by atoms with E-state index in [-0.39, 0.29) is 5.41 Å². The molecule has 2 aromatic carbocycles. The Balaban J connectivity index is 1.96. The number of ether oxygens (including phenoxy) is 1. The van der Waals surface area contributed by atoms with Crippen LogP contribution < -0.4 is 10.1 Å². The maximum absolute atomic E-state index is 5.40. The molecule has 1 heterocycles. The molecule has 1 spiro atoms. The molecule has 0 aromatic heterocycles. The van der Waals surface area contributed by atoms with E-state index in [1.165, 1.54) is 28.7 Å². The molecule has 1 fully saturated rings. The molecule has 0 saturated carbocycles. The molecule has 2 heteroatoms. The number of fused-ring (bicyclic) bond motifs is 4. The fraction of sp³-hybridized carbons (Fsp3) is 0.333. The minimum atomic E-state index is 0.163. The topological polar surface area (TPSA) is 21.3 Å². The van der Waals surface area contributed by atoms with Crippen LogP contribution in [-0.4, -0.2) is 20.2 Å². The molecular formula is C18H19NO. The maximum Gasteiger partial charge on any atom is 0.119 e. The minimum Gasteiger partial charge on any atom is -0.497 e. The minimum absolute atomic E-state index is 0.163. The Bertz CT molecular complexity index is 656. The Morgan fingerprint density at radius 3 is 2.70 bits per heavy atom. The molecule has 0 bridgehead atoms. The van der Waals surface area contributed by atoms with Crippen LogP contribution in [0.2, 0.25) is 0 Å². The highest BCUT2D eigenvalue weighted by atomic mass is 16.5. The van der Waals surface area contributed by atoms with Crippen LogP contribution >= 0.6 is 0 Å². The molecule has 2 nitrogen and oxygen atoms in total. The zero-order valence-corrected chi connectivity index (χ0v) is 11.8. The van der Waals surface area contributed by atoms with Crippen LogP contribution in [-0.2, 0) is 11.8 Å². The number of benzene rings is 2. The smallest absolute Gasteiger partial charge is 0.119 e. The van der Waals surface area contributed by atoms with Crippen LogP contribution in [0, 0.1) is 0 Å². The van der Waals surface area contributed by atoms with Gasteiger partial charge in [-0.15, -0.1) is 0 Å². The standard InChI is InChI=1S/C18H19NO/c1-20-15-6-7-17-14(11-15)10-13-4-2-3-5-16(13)18(17)8-9-19-12-18/h2-7,11,19H,8-10,12H2,1H3. The van der Waals surface area contributed by atoms with Crippen LogP contribution in [0.1, 0.15) is 28.7 Å². The number of rotatable bonds is 1. The first kappa shape index (κ1) is 12.0. The van der Waals surface area contributed by atoms with Crippen LogP contribution in [0.25, 0.3) is 0 Å². The molecule has 2 aliphatic rings. The first-order valence-corrected chi connectivity index (χ1v) is 7.30. The Labute approximate surface area is 119 Å². The third kappa shape index (κ3) is 1.55. The molecule has 1 aliphatic heterocycles. The molecule has 1 unspecified atom stereocenters. The molecule has 0 amide bonds. The van der Waals surface area contributed by atoms with Gasteiger partial charge in [0.1, 0.15) is 5.75 Å². The fourth-order valence-corrected chi connectivity index (χ4v) is 3.95. The summed E-state index contributed by atoms with van der Waals surface area (Å²) in [6, 6.07) is 15.5. The van der Waals surface area contributed by atoms with Gasteiger partial charge in [0.2, 0.25) is 0 Å². The summed E-state index contributed by atoms with van der Waals surface area (Å²) in [5.74, 6) is 0.962. The third-order valence-corrected chi connectivity index (χ3v) is 4.90. The fourth-order valence-electron chi connectivity index (χ4n) is 3.95. The molecule has 0 radical (unpaired) electrons. The number of nitrogens with one attached hydrogen (secondary N) is 1. The van der Waals surface area contributed by atoms with E-state index < -0.39 is 0 Å². The van der Waals surface area contributed by atoms with Crippen molar-refractivity contribution in [3.05, 3.63) is 64.7 Å². The lowest BCUT2D eigenvalue weighted by atomic mass is 9.66. The number of hydrogen-bond acceptors (Lipinski definition) is 2. The van der Waals surface area contributed by atoms with E-state index in [1.807, 2.05) is 0 Å². The van der Waals surface area contributed by atoms with Gasteiger partial charge >= 0.3 is 0 Å². The zero-order valence-electron chi connectivity index (χ0n) is 11.8. The second kappa shape index (κ2) is 4.35. The quantitative estimate of drug-likeness (QED) is 0.856. The summed E-state index contributed by atoms with van der Waals surface area (Å²) >= 11 is 0. The predicted molar refractivity (Wildman–Crippen MR) is 80.5 cm³/mol. The summed E-state index contributed by atoms with van der Waals surface area (Å²) in [5, 5.41) is 3.56. The Hall–Kier alpha value is -1.80. The number of methoxy groups -OCH3 is 1. The lowest BCUT2D eigenvalue weighted by molar-refractivity contribution is 0.413. The molecule has 1 atom stereocenters. The lowest BCUT2D eigenvalue weighted by Crippen LogP contribution is -2.35.